The molecule has 0 bridgehead atoms. The zero-order chi connectivity index (χ0) is 14.9. The number of hydrogen-bond acceptors (Lipinski definition) is 4. The highest BCUT2D eigenvalue weighted by molar-refractivity contribution is 5.76. The van der Waals surface area contributed by atoms with Crippen molar-refractivity contribution >= 4 is 5.97 Å². The molecule has 20 heavy (non-hydrogen) atoms. The van der Waals surface area contributed by atoms with Crippen LogP contribution in [0.1, 0.15) is 28.7 Å². The van der Waals surface area contributed by atoms with E-state index in [0.717, 1.165) is 0 Å². The summed E-state index contributed by atoms with van der Waals surface area (Å²) in [6.45, 7) is 7.46. The van der Waals surface area contributed by atoms with E-state index in [0.29, 0.717) is 19.5 Å². The van der Waals surface area contributed by atoms with Gasteiger partial charge in [0.1, 0.15) is 6.04 Å². The molecule has 1 saturated heterocycles. The molecule has 0 spiro atoms. The van der Waals surface area contributed by atoms with Crippen molar-refractivity contribution in [2.24, 2.45) is 0 Å². The molecule has 0 radical (unpaired) electrons. The number of aryl methyl sites for hydroxylation is 3. The lowest BCUT2D eigenvalue weighted by atomic mass is 9.99. The van der Waals surface area contributed by atoms with Gasteiger partial charge in [-0.15, -0.1) is 0 Å². The average Bonchev–Trinajstić information content (AvgIpc) is 2.74. The van der Waals surface area contributed by atoms with Crippen molar-refractivity contribution in [1.29, 1.82) is 0 Å². The number of nitrogens with zero attached hydrogens (tertiary/aromatic N) is 1. The number of ether oxygens (including phenoxy) is 1. The Morgan fingerprint density at radius 1 is 1.35 bits per heavy atom. The zero-order valence-electron chi connectivity index (χ0n) is 12.6. The van der Waals surface area contributed by atoms with E-state index >= 15 is 0 Å². The maximum absolute atomic E-state index is 11.8. The lowest BCUT2D eigenvalue weighted by Gasteiger charge is -2.24. The van der Waals surface area contributed by atoms with Gasteiger partial charge in [0, 0.05) is 19.5 Å². The van der Waals surface area contributed by atoms with Crippen molar-refractivity contribution < 1.29 is 14.6 Å². The second-order valence-electron chi connectivity index (χ2n) is 5.74. The number of aliphatic hydroxyl groups is 1. The second kappa shape index (κ2) is 5.94. The van der Waals surface area contributed by atoms with E-state index in [2.05, 4.69) is 32.9 Å². The first-order valence-electron chi connectivity index (χ1n) is 6.99. The summed E-state index contributed by atoms with van der Waals surface area (Å²) in [5.41, 5.74) is 4.94. The minimum absolute atomic E-state index is 0.260. The average molecular weight is 277 g/mol. The molecule has 1 aromatic rings. The molecule has 2 atom stereocenters. The van der Waals surface area contributed by atoms with E-state index < -0.39 is 6.10 Å². The summed E-state index contributed by atoms with van der Waals surface area (Å²) in [4.78, 5) is 13.8. The molecule has 1 N–H and O–H groups in total. The van der Waals surface area contributed by atoms with Gasteiger partial charge in [-0.3, -0.25) is 9.69 Å². The van der Waals surface area contributed by atoms with Crippen molar-refractivity contribution in [2.75, 3.05) is 13.7 Å². The third-order valence-corrected chi connectivity index (χ3v) is 4.06. The fraction of sp³-hybridized carbons (Fsp3) is 0.562. The van der Waals surface area contributed by atoms with Crippen molar-refractivity contribution in [3.63, 3.8) is 0 Å². The van der Waals surface area contributed by atoms with Crippen LogP contribution in [0.4, 0.5) is 0 Å². The van der Waals surface area contributed by atoms with Crippen LogP contribution in [0, 0.1) is 20.8 Å². The highest BCUT2D eigenvalue weighted by Gasteiger charge is 2.36. The van der Waals surface area contributed by atoms with E-state index in [1.165, 1.54) is 29.4 Å². The summed E-state index contributed by atoms with van der Waals surface area (Å²) in [6.07, 6.45) is 0.00144. The Kier molecular flexibility index (Phi) is 4.45. The van der Waals surface area contributed by atoms with Crippen LogP contribution in [0.15, 0.2) is 12.1 Å². The Morgan fingerprint density at radius 2 is 1.95 bits per heavy atom. The molecule has 0 aromatic heterocycles. The Morgan fingerprint density at radius 3 is 2.50 bits per heavy atom. The molecular weight excluding hydrogens is 254 g/mol. The summed E-state index contributed by atoms with van der Waals surface area (Å²) in [5.74, 6) is -0.260. The number of rotatable bonds is 3. The predicted octanol–water partition coefficient (Wildman–Crippen LogP) is 1.72. The van der Waals surface area contributed by atoms with Gasteiger partial charge in [-0.2, -0.15) is 0 Å². The first kappa shape index (κ1) is 15.0. The van der Waals surface area contributed by atoms with Gasteiger partial charge in [0.25, 0.3) is 0 Å². The summed E-state index contributed by atoms with van der Waals surface area (Å²) in [7, 11) is 1.40. The maximum atomic E-state index is 11.8. The molecular formula is C16H23NO3. The molecule has 2 rings (SSSR count). The largest absolute Gasteiger partial charge is 0.468 e. The zero-order valence-corrected chi connectivity index (χ0v) is 12.6. The Hall–Kier alpha value is -1.39. The van der Waals surface area contributed by atoms with Crippen molar-refractivity contribution in [3.8, 4) is 0 Å². The number of likely N-dealkylation sites (tertiary alicyclic amines) is 1. The Labute approximate surface area is 120 Å². The second-order valence-corrected chi connectivity index (χ2v) is 5.74. The topological polar surface area (TPSA) is 49.8 Å². The standard InChI is InChI=1S/C16H23NO3/c1-10-5-11(2)14(12(3)6-10)9-17-8-13(18)7-15(17)16(19)20-4/h5-6,13,15,18H,7-9H2,1-4H3/t13-,15+/m1/s1. The molecule has 1 heterocycles. The highest BCUT2D eigenvalue weighted by atomic mass is 16.5. The molecule has 0 saturated carbocycles. The van der Waals surface area contributed by atoms with E-state index in [4.69, 9.17) is 4.74 Å². The quantitative estimate of drug-likeness (QED) is 0.855. The molecule has 1 fully saturated rings. The summed E-state index contributed by atoms with van der Waals surface area (Å²) >= 11 is 0. The van der Waals surface area contributed by atoms with Gasteiger partial charge in [0.15, 0.2) is 0 Å². The van der Waals surface area contributed by atoms with Gasteiger partial charge >= 0.3 is 5.97 Å². The number of benzene rings is 1. The van der Waals surface area contributed by atoms with Crippen molar-refractivity contribution in [1.82, 2.24) is 4.90 Å². The van der Waals surface area contributed by atoms with Crippen LogP contribution in [0.5, 0.6) is 0 Å². The van der Waals surface area contributed by atoms with Crippen LogP contribution >= 0.6 is 0 Å². The lowest BCUT2D eigenvalue weighted by Crippen LogP contribution is -2.36. The SMILES string of the molecule is COC(=O)[C@@H]1C[C@@H](O)CN1Cc1c(C)cc(C)cc1C. The number of hydrogen-bond donors (Lipinski definition) is 1. The van der Waals surface area contributed by atoms with Crippen molar-refractivity contribution in [2.45, 2.75) is 45.9 Å². The third kappa shape index (κ3) is 3.02. The molecule has 4 nitrogen and oxygen atoms in total. The van der Waals surface area contributed by atoms with Crippen LogP contribution in [0.3, 0.4) is 0 Å². The first-order chi connectivity index (χ1) is 9.42. The molecule has 0 aliphatic carbocycles. The van der Waals surface area contributed by atoms with Gasteiger partial charge in [0.05, 0.1) is 13.2 Å². The Balaban J connectivity index is 2.22. The minimum atomic E-state index is -0.454. The smallest absolute Gasteiger partial charge is 0.323 e. The number of methoxy groups -OCH3 is 1. The monoisotopic (exact) mass is 277 g/mol. The van der Waals surface area contributed by atoms with E-state index in [1.807, 2.05) is 4.90 Å². The van der Waals surface area contributed by atoms with Gasteiger partial charge in [-0.25, -0.2) is 0 Å². The number of β-amino-alcohol motifs (C(OH)–C–C–N with tert-alkyl or cyclic N) is 1. The molecule has 1 aromatic carbocycles. The van der Waals surface area contributed by atoms with Crippen LogP contribution in [-0.4, -0.2) is 41.8 Å². The highest BCUT2D eigenvalue weighted by Crippen LogP contribution is 2.25. The summed E-state index contributed by atoms with van der Waals surface area (Å²) < 4.78 is 4.84. The van der Waals surface area contributed by atoms with E-state index in [-0.39, 0.29) is 12.0 Å². The molecule has 4 heteroatoms. The van der Waals surface area contributed by atoms with Crippen LogP contribution in [-0.2, 0) is 16.1 Å². The summed E-state index contributed by atoms with van der Waals surface area (Å²) in [5, 5.41) is 9.83. The van der Waals surface area contributed by atoms with E-state index in [9.17, 15) is 9.90 Å². The van der Waals surface area contributed by atoms with Gasteiger partial charge in [-0.1, -0.05) is 17.7 Å². The predicted molar refractivity (Wildman–Crippen MR) is 77.5 cm³/mol. The molecule has 0 unspecified atom stereocenters. The lowest BCUT2D eigenvalue weighted by molar-refractivity contribution is -0.146. The molecule has 110 valence electrons. The Bertz CT molecular complexity index is 489. The minimum Gasteiger partial charge on any atom is -0.468 e. The van der Waals surface area contributed by atoms with Gasteiger partial charge in [0.2, 0.25) is 0 Å². The fourth-order valence-corrected chi connectivity index (χ4v) is 3.10. The van der Waals surface area contributed by atoms with Crippen molar-refractivity contribution in [3.05, 3.63) is 34.4 Å². The van der Waals surface area contributed by atoms with E-state index in [1.54, 1.807) is 0 Å². The number of esters is 1. The molecule has 1 aliphatic heterocycles. The maximum Gasteiger partial charge on any atom is 0.323 e. The fourth-order valence-electron chi connectivity index (χ4n) is 3.10. The number of carbonyl (C=O) groups excluding carboxylic acids is 1. The first-order valence-corrected chi connectivity index (χ1v) is 6.99. The third-order valence-electron chi connectivity index (χ3n) is 4.06. The van der Waals surface area contributed by atoms with Gasteiger partial charge in [-0.05, 0) is 37.5 Å². The summed E-state index contributed by atoms with van der Waals surface area (Å²) in [6, 6.07) is 3.97. The van der Waals surface area contributed by atoms with Crippen LogP contribution in [0.25, 0.3) is 0 Å². The number of aliphatic hydroxyl groups excluding tert-OH is 1. The number of carbonyl (C=O) groups is 1. The molecule has 1 aliphatic rings. The van der Waals surface area contributed by atoms with Gasteiger partial charge < -0.3 is 9.84 Å². The van der Waals surface area contributed by atoms with Crippen LogP contribution in [0.2, 0.25) is 0 Å². The van der Waals surface area contributed by atoms with Crippen LogP contribution < -0.4 is 0 Å². The molecule has 0 amide bonds. The normalized spacial score (nSPS) is 23.1.